The molecule has 1 nitrogen and oxygen atoms in total. The SMILES string of the molecule is C\C=C/C(C)=C(C)/C=C(/C)C#N. The number of rotatable bonds is 2. The Hall–Kier alpha value is -1.29. The van der Waals surface area contributed by atoms with E-state index in [-0.39, 0.29) is 0 Å². The topological polar surface area (TPSA) is 23.8 Å². The Labute approximate surface area is 74.7 Å². The van der Waals surface area contributed by atoms with Gasteiger partial charge in [-0.25, -0.2) is 0 Å². The summed E-state index contributed by atoms with van der Waals surface area (Å²) in [5.74, 6) is 0. The highest BCUT2D eigenvalue weighted by molar-refractivity contribution is 5.35. The van der Waals surface area contributed by atoms with Crippen molar-refractivity contribution in [1.82, 2.24) is 0 Å². The Morgan fingerprint density at radius 3 is 2.17 bits per heavy atom. The minimum Gasteiger partial charge on any atom is -0.193 e. The Morgan fingerprint density at radius 2 is 1.75 bits per heavy atom. The maximum absolute atomic E-state index is 8.54. The van der Waals surface area contributed by atoms with Gasteiger partial charge in [-0.15, -0.1) is 0 Å². The second-order valence-electron chi connectivity index (χ2n) is 2.81. The molecule has 0 aliphatic heterocycles. The molecule has 0 amide bonds. The first-order valence-corrected chi connectivity index (χ1v) is 4.00. The molecule has 0 aromatic carbocycles. The summed E-state index contributed by atoms with van der Waals surface area (Å²) in [6.07, 6.45) is 5.93. The molecule has 0 N–H and O–H groups in total. The van der Waals surface area contributed by atoms with Crippen molar-refractivity contribution in [3.8, 4) is 6.07 Å². The molecule has 0 spiro atoms. The van der Waals surface area contributed by atoms with Crippen LogP contribution in [0.15, 0.2) is 34.9 Å². The van der Waals surface area contributed by atoms with E-state index in [2.05, 4.69) is 6.07 Å². The van der Waals surface area contributed by atoms with Gasteiger partial charge in [-0.3, -0.25) is 0 Å². The molecule has 12 heavy (non-hydrogen) atoms. The van der Waals surface area contributed by atoms with Crippen LogP contribution >= 0.6 is 0 Å². The predicted octanol–water partition coefficient (Wildman–Crippen LogP) is 3.37. The fourth-order valence-electron chi connectivity index (χ4n) is 0.852. The van der Waals surface area contributed by atoms with E-state index in [4.69, 9.17) is 5.26 Å². The predicted molar refractivity (Wildman–Crippen MR) is 52.6 cm³/mol. The molecule has 64 valence electrons. The Bertz CT molecular complexity index is 272. The van der Waals surface area contributed by atoms with Gasteiger partial charge in [0.15, 0.2) is 0 Å². The van der Waals surface area contributed by atoms with Crippen molar-refractivity contribution in [2.45, 2.75) is 27.7 Å². The van der Waals surface area contributed by atoms with Crippen LogP contribution in [0.2, 0.25) is 0 Å². The van der Waals surface area contributed by atoms with Crippen molar-refractivity contribution >= 4 is 0 Å². The van der Waals surface area contributed by atoms with Crippen molar-refractivity contribution in [1.29, 1.82) is 5.26 Å². The zero-order chi connectivity index (χ0) is 9.56. The summed E-state index contributed by atoms with van der Waals surface area (Å²) < 4.78 is 0. The summed E-state index contributed by atoms with van der Waals surface area (Å²) in [4.78, 5) is 0. The second-order valence-corrected chi connectivity index (χ2v) is 2.81. The third kappa shape index (κ3) is 3.78. The first-order valence-electron chi connectivity index (χ1n) is 4.00. The van der Waals surface area contributed by atoms with Crippen molar-refractivity contribution in [2.75, 3.05) is 0 Å². The van der Waals surface area contributed by atoms with Gasteiger partial charge >= 0.3 is 0 Å². The molecular weight excluding hydrogens is 146 g/mol. The molecule has 0 bridgehead atoms. The first kappa shape index (κ1) is 10.7. The van der Waals surface area contributed by atoms with Crippen LogP contribution in [-0.4, -0.2) is 0 Å². The highest BCUT2D eigenvalue weighted by Crippen LogP contribution is 2.08. The van der Waals surface area contributed by atoms with E-state index in [1.54, 1.807) is 0 Å². The largest absolute Gasteiger partial charge is 0.193 e. The minimum absolute atomic E-state index is 0.747. The van der Waals surface area contributed by atoms with Crippen LogP contribution in [0.25, 0.3) is 0 Å². The fraction of sp³-hybridized carbons (Fsp3) is 0.364. The molecule has 0 aliphatic rings. The summed E-state index contributed by atoms with van der Waals surface area (Å²) in [5.41, 5.74) is 3.09. The lowest BCUT2D eigenvalue weighted by atomic mass is 10.1. The fourth-order valence-corrected chi connectivity index (χ4v) is 0.852. The first-order chi connectivity index (χ1) is 5.61. The number of hydrogen-bond acceptors (Lipinski definition) is 1. The van der Waals surface area contributed by atoms with E-state index >= 15 is 0 Å². The smallest absolute Gasteiger partial charge is 0.0944 e. The van der Waals surface area contributed by atoms with Gasteiger partial charge in [-0.05, 0) is 44.9 Å². The molecule has 0 aromatic rings. The molecule has 0 atom stereocenters. The summed E-state index contributed by atoms with van der Waals surface area (Å²) in [5, 5.41) is 8.54. The molecule has 0 saturated carbocycles. The number of allylic oxidation sites excluding steroid dienone is 6. The zero-order valence-corrected chi connectivity index (χ0v) is 8.18. The van der Waals surface area contributed by atoms with Crippen molar-refractivity contribution < 1.29 is 0 Å². The third-order valence-corrected chi connectivity index (χ3v) is 1.65. The number of hydrogen-bond donors (Lipinski definition) is 0. The van der Waals surface area contributed by atoms with Crippen LogP contribution in [-0.2, 0) is 0 Å². The Kier molecular flexibility index (Phi) is 4.79. The molecule has 0 saturated heterocycles. The maximum Gasteiger partial charge on any atom is 0.0944 e. The van der Waals surface area contributed by atoms with Gasteiger partial charge in [0, 0.05) is 5.57 Å². The molecule has 0 heterocycles. The van der Waals surface area contributed by atoms with Crippen molar-refractivity contribution in [3.63, 3.8) is 0 Å². The minimum atomic E-state index is 0.747. The summed E-state index contributed by atoms with van der Waals surface area (Å²) >= 11 is 0. The van der Waals surface area contributed by atoms with Crippen LogP contribution in [0.1, 0.15) is 27.7 Å². The average molecular weight is 161 g/mol. The highest BCUT2D eigenvalue weighted by Gasteiger charge is 1.90. The van der Waals surface area contributed by atoms with Crippen LogP contribution in [0, 0.1) is 11.3 Å². The molecule has 0 unspecified atom stereocenters. The third-order valence-electron chi connectivity index (χ3n) is 1.65. The lowest BCUT2D eigenvalue weighted by molar-refractivity contribution is 1.34. The number of nitriles is 1. The Balaban J connectivity index is 4.71. The van der Waals surface area contributed by atoms with Gasteiger partial charge in [-0.1, -0.05) is 12.2 Å². The highest BCUT2D eigenvalue weighted by atomic mass is 14.2. The molecule has 0 aromatic heterocycles. The Morgan fingerprint density at radius 1 is 1.17 bits per heavy atom. The van der Waals surface area contributed by atoms with Gasteiger partial charge in [-0.2, -0.15) is 5.26 Å². The van der Waals surface area contributed by atoms with E-state index in [1.807, 2.05) is 45.9 Å². The quantitative estimate of drug-likeness (QED) is 0.450. The van der Waals surface area contributed by atoms with E-state index in [1.165, 1.54) is 5.57 Å². The molecule has 0 radical (unpaired) electrons. The van der Waals surface area contributed by atoms with E-state index < -0.39 is 0 Å². The van der Waals surface area contributed by atoms with Crippen molar-refractivity contribution in [2.24, 2.45) is 0 Å². The zero-order valence-electron chi connectivity index (χ0n) is 8.18. The lowest BCUT2D eigenvalue weighted by Gasteiger charge is -1.96. The molecule has 1 heteroatoms. The van der Waals surface area contributed by atoms with Gasteiger partial charge in [0.2, 0.25) is 0 Å². The van der Waals surface area contributed by atoms with Gasteiger partial charge in [0.1, 0.15) is 0 Å². The summed E-state index contributed by atoms with van der Waals surface area (Å²) in [6, 6.07) is 2.10. The second kappa shape index (κ2) is 5.37. The summed E-state index contributed by atoms with van der Waals surface area (Å²) in [7, 11) is 0. The molecule has 0 aliphatic carbocycles. The van der Waals surface area contributed by atoms with E-state index in [0.29, 0.717) is 0 Å². The van der Waals surface area contributed by atoms with E-state index in [0.717, 1.165) is 11.1 Å². The van der Waals surface area contributed by atoms with Gasteiger partial charge < -0.3 is 0 Å². The van der Waals surface area contributed by atoms with Crippen LogP contribution in [0.4, 0.5) is 0 Å². The molecule has 0 rings (SSSR count). The normalized spacial score (nSPS) is 14.4. The average Bonchev–Trinajstić information content (AvgIpc) is 2.04. The lowest BCUT2D eigenvalue weighted by Crippen LogP contribution is -1.78. The summed E-state index contributed by atoms with van der Waals surface area (Å²) in [6.45, 7) is 7.84. The monoisotopic (exact) mass is 161 g/mol. The van der Waals surface area contributed by atoms with Gasteiger partial charge in [0.25, 0.3) is 0 Å². The van der Waals surface area contributed by atoms with Gasteiger partial charge in [0.05, 0.1) is 6.07 Å². The number of nitrogens with zero attached hydrogens (tertiary/aromatic N) is 1. The molecular formula is C11H15N. The van der Waals surface area contributed by atoms with Crippen molar-refractivity contribution in [3.05, 3.63) is 34.9 Å². The van der Waals surface area contributed by atoms with E-state index in [9.17, 15) is 0 Å². The maximum atomic E-state index is 8.54. The van der Waals surface area contributed by atoms with Crippen LogP contribution < -0.4 is 0 Å². The van der Waals surface area contributed by atoms with Crippen LogP contribution in [0.3, 0.4) is 0 Å². The van der Waals surface area contributed by atoms with Crippen LogP contribution in [0.5, 0.6) is 0 Å². The standard InChI is InChI=1S/C11H15N/c1-5-6-10(3)11(4)7-9(2)8-12/h5-7H,1-4H3/b6-5-,9-7-,11-10+. The molecule has 0 fully saturated rings.